The molecule has 3 atom stereocenters. The van der Waals surface area contributed by atoms with Crippen LogP contribution in [0.3, 0.4) is 0 Å². The predicted octanol–water partition coefficient (Wildman–Crippen LogP) is 2.55. The highest BCUT2D eigenvalue weighted by molar-refractivity contribution is 5.37. The highest BCUT2D eigenvalue weighted by Gasteiger charge is 2.55. The molecule has 1 saturated heterocycles. The molecule has 3 aliphatic rings. The predicted molar refractivity (Wildman–Crippen MR) is 88.9 cm³/mol. The SMILES string of the molecule is CCO[C@@H]1C[C@H](NC[C@H]2Cc3ccccc3O2)C12CCOCC2. The van der Waals surface area contributed by atoms with Crippen LogP contribution in [0, 0.1) is 5.41 Å². The first-order valence-electron chi connectivity index (χ1n) is 8.99. The molecule has 23 heavy (non-hydrogen) atoms. The zero-order valence-corrected chi connectivity index (χ0v) is 13.9. The Labute approximate surface area is 138 Å². The fourth-order valence-corrected chi connectivity index (χ4v) is 4.53. The molecular formula is C19H27NO3. The van der Waals surface area contributed by atoms with E-state index in [2.05, 4.69) is 30.4 Å². The molecule has 4 rings (SSSR count). The van der Waals surface area contributed by atoms with E-state index in [-0.39, 0.29) is 11.5 Å². The quantitative estimate of drug-likeness (QED) is 0.906. The summed E-state index contributed by atoms with van der Waals surface area (Å²) < 4.78 is 17.6. The third-order valence-electron chi connectivity index (χ3n) is 5.88. The molecule has 0 aromatic heterocycles. The highest BCUT2D eigenvalue weighted by Crippen LogP contribution is 2.50. The third-order valence-corrected chi connectivity index (χ3v) is 5.88. The van der Waals surface area contributed by atoms with Gasteiger partial charge in [-0.15, -0.1) is 0 Å². The molecule has 0 amide bonds. The van der Waals surface area contributed by atoms with Crippen LogP contribution >= 0.6 is 0 Å². The van der Waals surface area contributed by atoms with E-state index in [4.69, 9.17) is 14.2 Å². The van der Waals surface area contributed by atoms with Gasteiger partial charge in [0.25, 0.3) is 0 Å². The second-order valence-corrected chi connectivity index (χ2v) is 7.04. The molecule has 4 heteroatoms. The van der Waals surface area contributed by atoms with E-state index in [0.29, 0.717) is 12.1 Å². The van der Waals surface area contributed by atoms with Gasteiger partial charge in [-0.25, -0.2) is 0 Å². The minimum absolute atomic E-state index is 0.260. The van der Waals surface area contributed by atoms with Gasteiger partial charge in [0.1, 0.15) is 11.9 Å². The van der Waals surface area contributed by atoms with E-state index >= 15 is 0 Å². The van der Waals surface area contributed by atoms with Gasteiger partial charge < -0.3 is 19.5 Å². The number of rotatable bonds is 5. The average molecular weight is 317 g/mol. The van der Waals surface area contributed by atoms with Crippen LogP contribution in [0.4, 0.5) is 0 Å². The lowest BCUT2D eigenvalue weighted by atomic mass is 9.57. The number of hydrogen-bond donors (Lipinski definition) is 1. The average Bonchev–Trinajstić information content (AvgIpc) is 3.01. The number of para-hydroxylation sites is 1. The second kappa shape index (κ2) is 6.42. The molecule has 1 aromatic rings. The van der Waals surface area contributed by atoms with Gasteiger partial charge in [-0.2, -0.15) is 0 Å². The van der Waals surface area contributed by atoms with Gasteiger partial charge in [0.05, 0.1) is 6.10 Å². The summed E-state index contributed by atoms with van der Waals surface area (Å²) in [7, 11) is 0. The van der Waals surface area contributed by atoms with Crippen LogP contribution in [0.1, 0.15) is 31.7 Å². The number of nitrogens with one attached hydrogen (secondary N) is 1. The molecule has 1 aromatic carbocycles. The second-order valence-electron chi connectivity index (χ2n) is 7.04. The van der Waals surface area contributed by atoms with Crippen molar-refractivity contribution in [2.24, 2.45) is 5.41 Å². The Kier molecular flexibility index (Phi) is 4.31. The van der Waals surface area contributed by atoms with Gasteiger partial charge in [0.15, 0.2) is 0 Å². The first kappa shape index (κ1) is 15.4. The monoisotopic (exact) mass is 317 g/mol. The molecule has 2 aliphatic heterocycles. The van der Waals surface area contributed by atoms with Gasteiger partial charge in [-0.3, -0.25) is 0 Å². The molecule has 0 unspecified atom stereocenters. The molecule has 0 radical (unpaired) electrons. The van der Waals surface area contributed by atoms with Crippen molar-refractivity contribution in [1.29, 1.82) is 0 Å². The maximum Gasteiger partial charge on any atom is 0.123 e. The molecule has 1 aliphatic carbocycles. The topological polar surface area (TPSA) is 39.7 Å². The van der Waals surface area contributed by atoms with E-state index in [0.717, 1.165) is 57.8 Å². The lowest BCUT2D eigenvalue weighted by Gasteiger charge is -2.57. The van der Waals surface area contributed by atoms with Crippen LogP contribution < -0.4 is 10.1 Å². The molecule has 1 spiro atoms. The minimum Gasteiger partial charge on any atom is -0.488 e. The van der Waals surface area contributed by atoms with Gasteiger partial charge in [-0.1, -0.05) is 18.2 Å². The van der Waals surface area contributed by atoms with Crippen LogP contribution in [0.15, 0.2) is 24.3 Å². The standard InChI is InChI=1S/C19H27NO3/c1-2-22-18-12-17(19(18)7-9-21-10-8-19)20-13-15-11-14-5-3-4-6-16(14)23-15/h3-6,15,17-18,20H,2,7-13H2,1H3/t15-,17+,18-/m1/s1. The molecule has 2 fully saturated rings. The summed E-state index contributed by atoms with van der Waals surface area (Å²) in [4.78, 5) is 0. The lowest BCUT2D eigenvalue weighted by Crippen LogP contribution is -2.66. The first-order chi connectivity index (χ1) is 11.3. The molecule has 2 heterocycles. The van der Waals surface area contributed by atoms with E-state index in [1.54, 1.807) is 0 Å². The Bertz CT molecular complexity index is 516. The molecule has 1 saturated carbocycles. The maximum atomic E-state index is 6.06. The van der Waals surface area contributed by atoms with Crippen LogP contribution in [0.5, 0.6) is 5.75 Å². The van der Waals surface area contributed by atoms with Crippen molar-refractivity contribution in [3.8, 4) is 5.75 Å². The zero-order chi connectivity index (χ0) is 15.7. The largest absolute Gasteiger partial charge is 0.488 e. The molecule has 0 bridgehead atoms. The van der Waals surface area contributed by atoms with E-state index in [1.807, 2.05) is 6.07 Å². The third kappa shape index (κ3) is 2.77. The lowest BCUT2D eigenvalue weighted by molar-refractivity contribution is -0.173. The fraction of sp³-hybridized carbons (Fsp3) is 0.684. The van der Waals surface area contributed by atoms with Crippen LogP contribution in [0.2, 0.25) is 0 Å². The highest BCUT2D eigenvalue weighted by atomic mass is 16.5. The van der Waals surface area contributed by atoms with Crippen molar-refractivity contribution in [2.45, 2.75) is 50.9 Å². The number of benzene rings is 1. The Morgan fingerprint density at radius 3 is 2.87 bits per heavy atom. The fourth-order valence-electron chi connectivity index (χ4n) is 4.53. The molecular weight excluding hydrogens is 290 g/mol. The maximum absolute atomic E-state index is 6.06. The summed E-state index contributed by atoms with van der Waals surface area (Å²) in [6.45, 7) is 5.56. The van der Waals surface area contributed by atoms with E-state index < -0.39 is 0 Å². The van der Waals surface area contributed by atoms with Gasteiger partial charge >= 0.3 is 0 Å². The summed E-state index contributed by atoms with van der Waals surface area (Å²) in [5.74, 6) is 1.06. The summed E-state index contributed by atoms with van der Waals surface area (Å²) >= 11 is 0. The zero-order valence-electron chi connectivity index (χ0n) is 13.9. The van der Waals surface area contributed by atoms with Crippen molar-refractivity contribution < 1.29 is 14.2 Å². The number of fused-ring (bicyclic) bond motifs is 1. The molecule has 1 N–H and O–H groups in total. The number of ether oxygens (including phenoxy) is 3. The number of hydrogen-bond acceptors (Lipinski definition) is 4. The normalized spacial score (nSPS) is 31.4. The first-order valence-corrected chi connectivity index (χ1v) is 8.99. The van der Waals surface area contributed by atoms with Crippen LogP contribution in [-0.4, -0.2) is 44.6 Å². The van der Waals surface area contributed by atoms with Gasteiger partial charge in [-0.05, 0) is 37.8 Å². The summed E-state index contributed by atoms with van der Waals surface area (Å²) in [5.41, 5.74) is 1.61. The van der Waals surface area contributed by atoms with E-state index in [1.165, 1.54) is 5.56 Å². The minimum atomic E-state index is 0.260. The van der Waals surface area contributed by atoms with E-state index in [9.17, 15) is 0 Å². The van der Waals surface area contributed by atoms with Crippen LogP contribution in [-0.2, 0) is 15.9 Å². The van der Waals surface area contributed by atoms with Crippen molar-refractivity contribution in [3.05, 3.63) is 29.8 Å². The Morgan fingerprint density at radius 2 is 2.09 bits per heavy atom. The molecule has 126 valence electrons. The smallest absolute Gasteiger partial charge is 0.123 e. The molecule has 4 nitrogen and oxygen atoms in total. The summed E-state index contributed by atoms with van der Waals surface area (Å²) in [6.07, 6.45) is 5.02. The van der Waals surface area contributed by atoms with Crippen molar-refractivity contribution in [3.63, 3.8) is 0 Å². The van der Waals surface area contributed by atoms with Gasteiger partial charge in [0.2, 0.25) is 0 Å². The van der Waals surface area contributed by atoms with Crippen molar-refractivity contribution in [2.75, 3.05) is 26.4 Å². The Balaban J connectivity index is 1.34. The van der Waals surface area contributed by atoms with Crippen molar-refractivity contribution >= 4 is 0 Å². The Hall–Kier alpha value is -1.10. The van der Waals surface area contributed by atoms with Crippen molar-refractivity contribution in [1.82, 2.24) is 5.32 Å². The Morgan fingerprint density at radius 1 is 1.26 bits per heavy atom. The summed E-state index contributed by atoms with van der Waals surface area (Å²) in [5, 5.41) is 3.78. The summed E-state index contributed by atoms with van der Waals surface area (Å²) in [6, 6.07) is 8.92. The van der Waals surface area contributed by atoms with Gasteiger partial charge in [0, 0.05) is 44.2 Å². The van der Waals surface area contributed by atoms with Crippen LogP contribution in [0.25, 0.3) is 0 Å².